The summed E-state index contributed by atoms with van der Waals surface area (Å²) in [4.78, 5) is 0. The number of halogens is 3. The molecule has 0 saturated carbocycles. The molecule has 0 bridgehead atoms. The molecule has 21 heavy (non-hydrogen) atoms. The lowest BCUT2D eigenvalue weighted by Gasteiger charge is -2.17. The van der Waals surface area contributed by atoms with Crippen molar-refractivity contribution in [2.24, 2.45) is 7.05 Å². The van der Waals surface area contributed by atoms with Crippen molar-refractivity contribution in [2.45, 2.75) is 25.8 Å². The van der Waals surface area contributed by atoms with Gasteiger partial charge in [-0.15, -0.1) is 0 Å². The van der Waals surface area contributed by atoms with Gasteiger partial charge in [0.25, 0.3) is 0 Å². The van der Waals surface area contributed by atoms with Gasteiger partial charge in [-0.2, -0.15) is 5.10 Å². The van der Waals surface area contributed by atoms with Crippen molar-refractivity contribution >= 4 is 34.8 Å². The Kier molecular flexibility index (Phi) is 5.55. The van der Waals surface area contributed by atoms with Crippen LogP contribution in [-0.4, -0.2) is 16.8 Å². The van der Waals surface area contributed by atoms with Crippen LogP contribution in [0.3, 0.4) is 0 Å². The Balaban J connectivity index is 2.31. The summed E-state index contributed by atoms with van der Waals surface area (Å²) in [5.74, 6) is 0. The summed E-state index contributed by atoms with van der Waals surface area (Å²) in [6, 6.07) is 5.76. The SMILES string of the molecule is CCc1nn(C)c(CC(NC)c2ccc(Cl)c(Cl)c2)c1Cl. The van der Waals surface area contributed by atoms with Crippen LogP contribution in [0.1, 0.15) is 29.9 Å². The fourth-order valence-corrected chi connectivity index (χ4v) is 3.03. The largest absolute Gasteiger partial charge is 0.313 e. The van der Waals surface area contributed by atoms with Crippen LogP contribution >= 0.6 is 34.8 Å². The van der Waals surface area contributed by atoms with E-state index in [0.29, 0.717) is 10.0 Å². The minimum atomic E-state index is 0.0948. The zero-order chi connectivity index (χ0) is 15.6. The Morgan fingerprint density at radius 3 is 2.48 bits per heavy atom. The summed E-state index contributed by atoms with van der Waals surface area (Å²) in [6.45, 7) is 2.05. The van der Waals surface area contributed by atoms with E-state index in [1.807, 2.05) is 43.9 Å². The third-order valence-electron chi connectivity index (χ3n) is 3.59. The molecular weight excluding hydrogens is 329 g/mol. The smallest absolute Gasteiger partial charge is 0.0850 e. The minimum Gasteiger partial charge on any atom is -0.313 e. The van der Waals surface area contributed by atoms with Crippen LogP contribution in [0.5, 0.6) is 0 Å². The molecule has 1 aromatic carbocycles. The third kappa shape index (κ3) is 3.54. The summed E-state index contributed by atoms with van der Waals surface area (Å²) < 4.78 is 1.85. The molecule has 0 amide bonds. The van der Waals surface area contributed by atoms with Gasteiger partial charge in [0.2, 0.25) is 0 Å². The topological polar surface area (TPSA) is 29.9 Å². The van der Waals surface area contributed by atoms with Gasteiger partial charge in [0.15, 0.2) is 0 Å². The van der Waals surface area contributed by atoms with Crippen LogP contribution in [0, 0.1) is 0 Å². The first-order valence-electron chi connectivity index (χ1n) is 6.80. The number of benzene rings is 1. The molecule has 0 saturated heterocycles. The molecule has 0 spiro atoms. The van der Waals surface area contributed by atoms with Gasteiger partial charge in [-0.1, -0.05) is 47.8 Å². The first-order chi connectivity index (χ1) is 9.97. The molecule has 1 unspecified atom stereocenters. The quantitative estimate of drug-likeness (QED) is 0.867. The minimum absolute atomic E-state index is 0.0948. The fraction of sp³-hybridized carbons (Fsp3) is 0.400. The monoisotopic (exact) mass is 345 g/mol. The van der Waals surface area contributed by atoms with E-state index in [4.69, 9.17) is 34.8 Å². The summed E-state index contributed by atoms with van der Waals surface area (Å²) in [5, 5.41) is 9.61. The predicted molar refractivity (Wildman–Crippen MR) is 89.6 cm³/mol. The summed E-state index contributed by atoms with van der Waals surface area (Å²) >= 11 is 18.5. The number of rotatable bonds is 5. The van der Waals surface area contributed by atoms with Gasteiger partial charge in [0, 0.05) is 19.5 Å². The van der Waals surface area contributed by atoms with E-state index in [2.05, 4.69) is 10.4 Å². The maximum atomic E-state index is 6.42. The molecule has 2 rings (SSSR count). The zero-order valence-corrected chi connectivity index (χ0v) is 14.5. The lowest BCUT2D eigenvalue weighted by Crippen LogP contribution is -2.20. The molecule has 0 aliphatic carbocycles. The summed E-state index contributed by atoms with van der Waals surface area (Å²) in [7, 11) is 3.83. The molecule has 6 heteroatoms. The van der Waals surface area contributed by atoms with Gasteiger partial charge < -0.3 is 5.32 Å². The van der Waals surface area contributed by atoms with E-state index >= 15 is 0 Å². The first kappa shape index (κ1) is 16.6. The van der Waals surface area contributed by atoms with Gasteiger partial charge >= 0.3 is 0 Å². The number of nitrogens with zero attached hydrogens (tertiary/aromatic N) is 2. The number of hydrogen-bond donors (Lipinski definition) is 1. The maximum absolute atomic E-state index is 6.42. The van der Waals surface area contributed by atoms with Crippen molar-refractivity contribution in [3.8, 4) is 0 Å². The highest BCUT2D eigenvalue weighted by Gasteiger charge is 2.19. The van der Waals surface area contributed by atoms with Crippen LogP contribution in [0.25, 0.3) is 0 Å². The molecule has 2 aromatic rings. The number of aryl methyl sites for hydroxylation is 2. The standard InChI is InChI=1S/C15H18Cl3N3/c1-4-12-15(18)14(21(3)20-12)8-13(19-2)9-5-6-10(16)11(17)7-9/h5-7,13,19H,4,8H2,1-3H3. The normalized spacial score (nSPS) is 12.7. The molecular formula is C15H18Cl3N3. The average molecular weight is 347 g/mol. The van der Waals surface area contributed by atoms with Gasteiger partial charge in [0.1, 0.15) is 0 Å². The van der Waals surface area contributed by atoms with Crippen LogP contribution in [0.2, 0.25) is 15.1 Å². The van der Waals surface area contributed by atoms with Crippen molar-refractivity contribution in [3.05, 3.63) is 50.2 Å². The van der Waals surface area contributed by atoms with Crippen LogP contribution < -0.4 is 5.32 Å². The number of aromatic nitrogens is 2. The Morgan fingerprint density at radius 1 is 1.24 bits per heavy atom. The van der Waals surface area contributed by atoms with E-state index in [-0.39, 0.29) is 6.04 Å². The molecule has 0 fully saturated rings. The van der Waals surface area contributed by atoms with Crippen LogP contribution in [0.4, 0.5) is 0 Å². The van der Waals surface area contributed by atoms with Crippen molar-refractivity contribution in [3.63, 3.8) is 0 Å². The van der Waals surface area contributed by atoms with E-state index in [0.717, 1.165) is 34.8 Å². The molecule has 0 aliphatic rings. The Bertz CT molecular complexity index is 637. The zero-order valence-electron chi connectivity index (χ0n) is 12.3. The molecule has 1 heterocycles. The second-order valence-corrected chi connectivity index (χ2v) is 6.10. The molecule has 0 aliphatic heterocycles. The highest BCUT2D eigenvalue weighted by atomic mass is 35.5. The Labute approximate surface area is 140 Å². The van der Waals surface area contributed by atoms with Gasteiger partial charge in [-0.3, -0.25) is 4.68 Å². The van der Waals surface area contributed by atoms with E-state index < -0.39 is 0 Å². The van der Waals surface area contributed by atoms with Crippen LogP contribution in [0.15, 0.2) is 18.2 Å². The van der Waals surface area contributed by atoms with Gasteiger partial charge in [-0.05, 0) is 31.2 Å². The van der Waals surface area contributed by atoms with E-state index in [9.17, 15) is 0 Å². The first-order valence-corrected chi connectivity index (χ1v) is 7.93. The molecule has 114 valence electrons. The van der Waals surface area contributed by atoms with Crippen molar-refractivity contribution < 1.29 is 0 Å². The van der Waals surface area contributed by atoms with E-state index in [1.54, 1.807) is 0 Å². The Morgan fingerprint density at radius 2 is 1.95 bits per heavy atom. The highest BCUT2D eigenvalue weighted by molar-refractivity contribution is 6.42. The molecule has 3 nitrogen and oxygen atoms in total. The van der Waals surface area contributed by atoms with E-state index in [1.165, 1.54) is 0 Å². The second-order valence-electron chi connectivity index (χ2n) is 4.90. The third-order valence-corrected chi connectivity index (χ3v) is 4.77. The average Bonchev–Trinajstić information content (AvgIpc) is 2.74. The summed E-state index contributed by atoms with van der Waals surface area (Å²) in [5.41, 5.74) is 3.01. The van der Waals surface area contributed by atoms with Crippen LogP contribution in [-0.2, 0) is 19.9 Å². The lowest BCUT2D eigenvalue weighted by molar-refractivity contribution is 0.561. The lowest BCUT2D eigenvalue weighted by atomic mass is 10.0. The molecule has 1 atom stereocenters. The van der Waals surface area contributed by atoms with Gasteiger partial charge in [-0.25, -0.2) is 0 Å². The number of likely N-dealkylation sites (N-methyl/N-ethyl adjacent to an activating group) is 1. The van der Waals surface area contributed by atoms with Crippen molar-refractivity contribution in [1.82, 2.24) is 15.1 Å². The number of nitrogens with one attached hydrogen (secondary N) is 1. The van der Waals surface area contributed by atoms with Crippen molar-refractivity contribution in [2.75, 3.05) is 7.05 Å². The molecule has 0 radical (unpaired) electrons. The predicted octanol–water partition coefficient (Wildman–Crippen LogP) is 4.45. The molecule has 1 aromatic heterocycles. The maximum Gasteiger partial charge on any atom is 0.0850 e. The molecule has 1 N–H and O–H groups in total. The highest BCUT2D eigenvalue weighted by Crippen LogP contribution is 2.29. The number of hydrogen-bond acceptors (Lipinski definition) is 2. The Hall–Kier alpha value is -0.740. The second kappa shape index (κ2) is 7.01. The summed E-state index contributed by atoms with van der Waals surface area (Å²) in [6.07, 6.45) is 1.56. The van der Waals surface area contributed by atoms with Gasteiger partial charge in [0.05, 0.1) is 26.5 Å². The van der Waals surface area contributed by atoms with Crippen molar-refractivity contribution in [1.29, 1.82) is 0 Å². The fourth-order valence-electron chi connectivity index (χ4n) is 2.35.